The van der Waals surface area contributed by atoms with Crippen molar-refractivity contribution in [2.75, 3.05) is 12.4 Å². The molecule has 2 N–H and O–H groups in total. The van der Waals surface area contributed by atoms with Gasteiger partial charge in [-0.15, -0.1) is 0 Å². The number of thioether (sulfide) groups is 1. The Balaban J connectivity index is 2.20. The average Bonchev–Trinajstić information content (AvgIpc) is 2.63. The van der Waals surface area contributed by atoms with Gasteiger partial charge < -0.3 is 15.2 Å². The molecule has 0 aliphatic heterocycles. The highest BCUT2D eigenvalue weighted by Gasteiger charge is 2.13. The van der Waals surface area contributed by atoms with E-state index in [2.05, 4.69) is 21.2 Å². The minimum absolute atomic E-state index is 0.0978. The van der Waals surface area contributed by atoms with E-state index < -0.39 is 11.7 Å². The van der Waals surface area contributed by atoms with Gasteiger partial charge in [0, 0.05) is 10.6 Å². The molecule has 140 valence electrons. The van der Waals surface area contributed by atoms with Crippen molar-refractivity contribution in [1.82, 2.24) is 0 Å². The minimum atomic E-state index is -2.53. The van der Waals surface area contributed by atoms with Crippen LogP contribution in [0.25, 0.3) is 6.08 Å². The number of amides is 1. The molecule has 27 heavy (non-hydrogen) atoms. The van der Waals surface area contributed by atoms with Crippen molar-refractivity contribution in [3.63, 3.8) is 0 Å². The van der Waals surface area contributed by atoms with Crippen molar-refractivity contribution in [2.24, 2.45) is 0 Å². The standard InChI is InChI=1S/C18H13BrF2N2O3S/c1-26-15-8-10(7-14(19)16(15)24)6-11(9-22)17(25)23-12-2-4-13(5-3-12)27-18(20)21/h2-8,18,24H,1H3,(H,23,25). The zero-order valence-corrected chi connectivity index (χ0v) is 16.3. The van der Waals surface area contributed by atoms with Crippen LogP contribution in [0.5, 0.6) is 11.5 Å². The van der Waals surface area contributed by atoms with Gasteiger partial charge in [-0.05, 0) is 64.0 Å². The van der Waals surface area contributed by atoms with Gasteiger partial charge in [-0.3, -0.25) is 4.79 Å². The number of methoxy groups -OCH3 is 1. The Labute approximate surface area is 166 Å². The van der Waals surface area contributed by atoms with Gasteiger partial charge in [0.2, 0.25) is 0 Å². The highest BCUT2D eigenvalue weighted by molar-refractivity contribution is 9.10. The van der Waals surface area contributed by atoms with Crippen molar-refractivity contribution in [3.8, 4) is 17.6 Å². The molecule has 0 aliphatic rings. The molecule has 0 heterocycles. The van der Waals surface area contributed by atoms with Crippen LogP contribution >= 0.6 is 27.7 Å². The molecule has 9 heteroatoms. The molecule has 2 aromatic rings. The van der Waals surface area contributed by atoms with Crippen LogP contribution in [0.15, 0.2) is 51.3 Å². The number of phenols is 1. The molecule has 0 unspecified atom stereocenters. The van der Waals surface area contributed by atoms with Crippen LogP contribution in [0.4, 0.5) is 14.5 Å². The first-order valence-corrected chi connectivity index (χ1v) is 9.06. The lowest BCUT2D eigenvalue weighted by molar-refractivity contribution is -0.112. The lowest BCUT2D eigenvalue weighted by Crippen LogP contribution is -2.13. The summed E-state index contributed by atoms with van der Waals surface area (Å²) in [6.07, 6.45) is 1.34. The topological polar surface area (TPSA) is 82.3 Å². The van der Waals surface area contributed by atoms with E-state index in [9.17, 15) is 23.9 Å². The maximum atomic E-state index is 12.3. The molecule has 0 saturated carbocycles. The number of nitrogens with zero attached hydrogens (tertiary/aromatic N) is 1. The lowest BCUT2D eigenvalue weighted by atomic mass is 10.1. The van der Waals surface area contributed by atoms with E-state index >= 15 is 0 Å². The third-order valence-electron chi connectivity index (χ3n) is 3.28. The van der Waals surface area contributed by atoms with Gasteiger partial charge in [0.15, 0.2) is 11.5 Å². The number of ether oxygens (including phenoxy) is 1. The molecule has 1 amide bonds. The van der Waals surface area contributed by atoms with Gasteiger partial charge in [0.25, 0.3) is 11.7 Å². The van der Waals surface area contributed by atoms with Gasteiger partial charge in [-0.25, -0.2) is 0 Å². The maximum absolute atomic E-state index is 12.3. The summed E-state index contributed by atoms with van der Waals surface area (Å²) in [5.41, 5.74) is 0.650. The summed E-state index contributed by atoms with van der Waals surface area (Å²) in [5.74, 6) is -3.10. The molecule has 2 aromatic carbocycles. The minimum Gasteiger partial charge on any atom is -0.503 e. The van der Waals surface area contributed by atoms with E-state index in [1.807, 2.05) is 0 Å². The summed E-state index contributed by atoms with van der Waals surface area (Å²) < 4.78 is 30.0. The lowest BCUT2D eigenvalue weighted by Gasteiger charge is -2.08. The fraction of sp³-hybridized carbons (Fsp3) is 0.111. The second-order valence-corrected chi connectivity index (χ2v) is 7.00. The molecular weight excluding hydrogens is 442 g/mol. The van der Waals surface area contributed by atoms with Gasteiger partial charge in [0.05, 0.1) is 11.6 Å². The number of rotatable bonds is 6. The summed E-state index contributed by atoms with van der Waals surface area (Å²) in [6.45, 7) is 0. The Morgan fingerprint density at radius 3 is 2.59 bits per heavy atom. The molecular formula is C18H13BrF2N2O3S. The third-order valence-corrected chi connectivity index (χ3v) is 4.61. The number of benzene rings is 2. The number of alkyl halides is 2. The van der Waals surface area contributed by atoms with E-state index in [4.69, 9.17) is 4.74 Å². The third kappa shape index (κ3) is 5.70. The summed E-state index contributed by atoms with van der Waals surface area (Å²) in [7, 11) is 1.38. The fourth-order valence-electron chi connectivity index (χ4n) is 2.07. The van der Waals surface area contributed by atoms with Crippen LogP contribution in [-0.2, 0) is 4.79 Å². The second-order valence-electron chi connectivity index (χ2n) is 5.08. The van der Waals surface area contributed by atoms with Gasteiger partial charge in [-0.2, -0.15) is 14.0 Å². The number of hydrogen-bond acceptors (Lipinski definition) is 5. The van der Waals surface area contributed by atoms with Crippen LogP contribution in [0, 0.1) is 11.3 Å². The maximum Gasteiger partial charge on any atom is 0.288 e. The largest absolute Gasteiger partial charge is 0.503 e. The smallest absolute Gasteiger partial charge is 0.288 e. The highest BCUT2D eigenvalue weighted by atomic mass is 79.9. The first-order chi connectivity index (χ1) is 12.8. The normalized spacial score (nSPS) is 11.2. The molecule has 0 aliphatic carbocycles. The molecule has 0 bridgehead atoms. The Morgan fingerprint density at radius 2 is 2.04 bits per heavy atom. The zero-order valence-electron chi connectivity index (χ0n) is 13.9. The number of nitriles is 1. The number of halogens is 3. The number of nitrogens with one attached hydrogen (secondary N) is 1. The molecule has 0 fully saturated rings. The Hall–Kier alpha value is -2.57. The van der Waals surface area contributed by atoms with Crippen molar-refractivity contribution in [1.29, 1.82) is 5.26 Å². The predicted octanol–water partition coefficient (Wildman–Crippen LogP) is 5.02. The molecule has 0 atom stereocenters. The van der Waals surface area contributed by atoms with Crippen molar-refractivity contribution >= 4 is 45.4 Å². The molecule has 0 spiro atoms. The first-order valence-electron chi connectivity index (χ1n) is 7.38. The summed E-state index contributed by atoms with van der Waals surface area (Å²) in [6, 6.07) is 10.6. The van der Waals surface area contributed by atoms with Crippen molar-refractivity contribution in [3.05, 3.63) is 52.0 Å². The van der Waals surface area contributed by atoms with Crippen LogP contribution in [0.1, 0.15) is 5.56 Å². The SMILES string of the molecule is COc1cc(C=C(C#N)C(=O)Nc2ccc(SC(F)F)cc2)cc(Br)c1O. The van der Waals surface area contributed by atoms with E-state index in [1.165, 1.54) is 49.6 Å². The summed E-state index contributed by atoms with van der Waals surface area (Å²) in [4.78, 5) is 12.7. The number of phenolic OH excluding ortho intramolecular Hbond substituents is 1. The molecule has 2 rings (SSSR count). The molecule has 0 saturated heterocycles. The number of hydrogen-bond donors (Lipinski definition) is 2. The number of carbonyl (C=O) groups excluding carboxylic acids is 1. The van der Waals surface area contributed by atoms with Gasteiger partial charge >= 0.3 is 0 Å². The van der Waals surface area contributed by atoms with E-state index in [0.29, 0.717) is 32.4 Å². The van der Waals surface area contributed by atoms with Crippen LogP contribution in [0.2, 0.25) is 0 Å². The molecule has 5 nitrogen and oxygen atoms in total. The number of aromatic hydroxyl groups is 1. The summed E-state index contributed by atoms with van der Waals surface area (Å²) in [5, 5.41) is 21.6. The monoisotopic (exact) mass is 454 g/mol. The highest BCUT2D eigenvalue weighted by Crippen LogP contribution is 2.35. The fourth-order valence-corrected chi connectivity index (χ4v) is 3.02. The molecule has 0 radical (unpaired) electrons. The van der Waals surface area contributed by atoms with E-state index in [0.717, 1.165) is 0 Å². The first kappa shape index (κ1) is 20.7. The van der Waals surface area contributed by atoms with Gasteiger partial charge in [-0.1, -0.05) is 11.8 Å². The van der Waals surface area contributed by atoms with Crippen molar-refractivity contribution in [2.45, 2.75) is 10.7 Å². The summed E-state index contributed by atoms with van der Waals surface area (Å²) >= 11 is 3.56. The quantitative estimate of drug-likeness (QED) is 0.363. The number of anilines is 1. The van der Waals surface area contributed by atoms with Gasteiger partial charge in [0.1, 0.15) is 11.6 Å². The Morgan fingerprint density at radius 1 is 1.37 bits per heavy atom. The second kappa shape index (κ2) is 9.39. The number of carbonyl (C=O) groups is 1. The average molecular weight is 455 g/mol. The van der Waals surface area contributed by atoms with Crippen LogP contribution in [-0.4, -0.2) is 23.9 Å². The molecule has 0 aromatic heterocycles. The van der Waals surface area contributed by atoms with Crippen LogP contribution < -0.4 is 10.1 Å². The zero-order chi connectivity index (χ0) is 20.0. The van der Waals surface area contributed by atoms with Crippen molar-refractivity contribution < 1.29 is 23.4 Å². The predicted molar refractivity (Wildman–Crippen MR) is 103 cm³/mol. The van der Waals surface area contributed by atoms with E-state index in [-0.39, 0.29) is 17.1 Å². The Kier molecular flexibility index (Phi) is 7.21. The Bertz CT molecular complexity index is 912. The van der Waals surface area contributed by atoms with E-state index in [1.54, 1.807) is 6.07 Å². The van der Waals surface area contributed by atoms with Crippen LogP contribution in [0.3, 0.4) is 0 Å².